The van der Waals surface area contributed by atoms with Crippen LogP contribution in [0, 0.1) is 5.82 Å². The summed E-state index contributed by atoms with van der Waals surface area (Å²) in [5.74, 6) is 1.82. The summed E-state index contributed by atoms with van der Waals surface area (Å²) in [5, 5.41) is 6.65. The van der Waals surface area contributed by atoms with Crippen LogP contribution in [0.2, 0.25) is 0 Å². The topological polar surface area (TPSA) is 56.7 Å². The van der Waals surface area contributed by atoms with Gasteiger partial charge in [-0.1, -0.05) is 24.3 Å². The molecule has 2 aromatic carbocycles. The number of nitrogens with zero attached hydrogens (tertiary/aromatic N) is 2. The molecule has 2 aromatic rings. The molecule has 8 heteroatoms. The molecule has 2 N–H and O–H groups in total. The van der Waals surface area contributed by atoms with Crippen LogP contribution >= 0.6 is 35.7 Å². The van der Waals surface area contributed by atoms with E-state index in [1.807, 2.05) is 17.0 Å². The predicted octanol–water partition coefficient (Wildman–Crippen LogP) is 4.80. The van der Waals surface area contributed by atoms with Crippen LogP contribution in [0.5, 0.6) is 0 Å². The van der Waals surface area contributed by atoms with Crippen molar-refractivity contribution in [2.75, 3.05) is 25.4 Å². The second-order valence-corrected chi connectivity index (χ2v) is 8.68. The second-order valence-electron chi connectivity index (χ2n) is 7.51. The van der Waals surface area contributed by atoms with Crippen molar-refractivity contribution in [3.63, 3.8) is 0 Å². The second kappa shape index (κ2) is 14.4. The number of likely N-dealkylation sites (tertiary alicyclic amines) is 1. The Kier molecular flexibility index (Phi) is 11.9. The maximum absolute atomic E-state index is 12.9. The van der Waals surface area contributed by atoms with Crippen LogP contribution in [0.3, 0.4) is 0 Å². The molecule has 1 aliphatic rings. The molecule has 1 amide bonds. The minimum Gasteiger partial charge on any atom is -0.357 e. The van der Waals surface area contributed by atoms with E-state index in [1.165, 1.54) is 12.1 Å². The van der Waals surface area contributed by atoms with Crippen molar-refractivity contribution in [2.24, 2.45) is 4.99 Å². The zero-order valence-electron chi connectivity index (χ0n) is 18.5. The monoisotopic (exact) mass is 570 g/mol. The Hall–Kier alpha value is -1.81. The Morgan fingerprint density at radius 2 is 1.81 bits per heavy atom. The normalized spacial score (nSPS) is 13.8. The molecule has 1 heterocycles. The molecule has 0 saturated carbocycles. The average Bonchev–Trinajstić information content (AvgIpc) is 3.18. The van der Waals surface area contributed by atoms with Gasteiger partial charge in [0.2, 0.25) is 5.91 Å². The van der Waals surface area contributed by atoms with Crippen LogP contribution in [0.15, 0.2) is 58.4 Å². The number of aliphatic imine (C=N–C) groups is 1. The van der Waals surface area contributed by atoms with E-state index in [2.05, 4.69) is 46.8 Å². The maximum Gasteiger partial charge on any atom is 0.222 e. The minimum atomic E-state index is -0.200. The number of benzene rings is 2. The highest BCUT2D eigenvalue weighted by molar-refractivity contribution is 14.0. The van der Waals surface area contributed by atoms with Gasteiger partial charge in [-0.15, -0.1) is 35.7 Å². The Morgan fingerprint density at radius 3 is 2.47 bits per heavy atom. The number of hydrogen-bond donors (Lipinski definition) is 2. The largest absolute Gasteiger partial charge is 0.357 e. The Balaban J connectivity index is 0.00000363. The molecule has 0 aliphatic carbocycles. The number of guanidine groups is 1. The van der Waals surface area contributed by atoms with Gasteiger partial charge < -0.3 is 15.5 Å². The fraction of sp³-hybridized carbons (Fsp3) is 0.417. The summed E-state index contributed by atoms with van der Waals surface area (Å²) in [6.45, 7) is 5.84. The van der Waals surface area contributed by atoms with Crippen molar-refractivity contribution in [3.05, 3.63) is 65.5 Å². The Morgan fingerprint density at radius 1 is 1.09 bits per heavy atom. The molecular formula is C24H32FIN4OS. The summed E-state index contributed by atoms with van der Waals surface area (Å²) in [5.41, 5.74) is 2.30. The molecule has 0 spiro atoms. The van der Waals surface area contributed by atoms with E-state index < -0.39 is 0 Å². The van der Waals surface area contributed by atoms with Gasteiger partial charge in [0.15, 0.2) is 5.96 Å². The molecule has 1 fully saturated rings. The summed E-state index contributed by atoms with van der Waals surface area (Å²) in [4.78, 5) is 19.5. The van der Waals surface area contributed by atoms with Gasteiger partial charge in [-0.25, -0.2) is 9.38 Å². The number of hydrogen-bond acceptors (Lipinski definition) is 3. The van der Waals surface area contributed by atoms with Crippen LogP contribution in [0.4, 0.5) is 4.39 Å². The highest BCUT2D eigenvalue weighted by Crippen LogP contribution is 2.18. The number of carbonyl (C=O) groups is 1. The summed E-state index contributed by atoms with van der Waals surface area (Å²) in [6, 6.07) is 15.0. The number of halogens is 2. The van der Waals surface area contributed by atoms with Crippen molar-refractivity contribution in [1.82, 2.24) is 15.5 Å². The van der Waals surface area contributed by atoms with Gasteiger partial charge in [-0.05, 0) is 60.9 Å². The maximum atomic E-state index is 12.9. The lowest BCUT2D eigenvalue weighted by Crippen LogP contribution is -2.37. The van der Waals surface area contributed by atoms with Crippen molar-refractivity contribution in [1.29, 1.82) is 0 Å². The predicted molar refractivity (Wildman–Crippen MR) is 141 cm³/mol. The number of nitrogens with one attached hydrogen (secondary N) is 2. The smallest absolute Gasteiger partial charge is 0.222 e. The fourth-order valence-corrected chi connectivity index (χ4v) is 4.21. The van der Waals surface area contributed by atoms with E-state index in [0.29, 0.717) is 19.5 Å². The standard InChI is InChI=1S/C24H31FN4OS.HI/c1-2-26-24(27-14-4-16-31-22-12-10-21(25)11-13-22)28-17-19-6-8-20(9-7-19)18-29-15-3-5-23(29)30;/h6-13H,2-5,14-18H2,1H3,(H2,26,27,28);1H. The van der Waals surface area contributed by atoms with E-state index in [4.69, 9.17) is 0 Å². The van der Waals surface area contributed by atoms with Gasteiger partial charge in [0, 0.05) is 37.5 Å². The van der Waals surface area contributed by atoms with Crippen LogP contribution in [-0.2, 0) is 17.9 Å². The third-order valence-electron chi connectivity index (χ3n) is 5.03. The highest BCUT2D eigenvalue weighted by Gasteiger charge is 2.19. The van der Waals surface area contributed by atoms with Crippen LogP contribution < -0.4 is 10.6 Å². The van der Waals surface area contributed by atoms with Crippen molar-refractivity contribution >= 4 is 47.6 Å². The van der Waals surface area contributed by atoms with Gasteiger partial charge in [0.1, 0.15) is 5.82 Å². The van der Waals surface area contributed by atoms with Crippen LogP contribution in [-0.4, -0.2) is 42.2 Å². The van der Waals surface area contributed by atoms with Gasteiger partial charge in [0.25, 0.3) is 0 Å². The molecule has 0 radical (unpaired) electrons. The first kappa shape index (κ1) is 26.4. The van der Waals surface area contributed by atoms with Gasteiger partial charge in [-0.3, -0.25) is 4.79 Å². The minimum absolute atomic E-state index is 0. The van der Waals surface area contributed by atoms with Crippen molar-refractivity contribution in [2.45, 2.75) is 44.2 Å². The lowest BCUT2D eigenvalue weighted by atomic mass is 10.1. The molecule has 5 nitrogen and oxygen atoms in total. The van der Waals surface area contributed by atoms with Crippen LogP contribution in [0.1, 0.15) is 37.3 Å². The molecule has 0 atom stereocenters. The van der Waals surface area contributed by atoms with Crippen molar-refractivity contribution in [3.8, 4) is 0 Å². The van der Waals surface area contributed by atoms with E-state index in [-0.39, 0.29) is 35.7 Å². The van der Waals surface area contributed by atoms with Gasteiger partial charge in [-0.2, -0.15) is 0 Å². The molecule has 1 aliphatic heterocycles. The van der Waals surface area contributed by atoms with E-state index in [0.717, 1.165) is 60.2 Å². The first-order valence-electron chi connectivity index (χ1n) is 10.9. The first-order valence-corrected chi connectivity index (χ1v) is 11.9. The van der Waals surface area contributed by atoms with Gasteiger partial charge >= 0.3 is 0 Å². The summed E-state index contributed by atoms with van der Waals surface area (Å²) < 4.78 is 12.9. The van der Waals surface area contributed by atoms with Crippen LogP contribution in [0.25, 0.3) is 0 Å². The van der Waals surface area contributed by atoms with E-state index in [1.54, 1.807) is 11.8 Å². The number of thioether (sulfide) groups is 1. The SMILES string of the molecule is CCNC(=NCc1ccc(CN2CCCC2=O)cc1)NCCCSc1ccc(F)cc1.I. The molecule has 3 rings (SSSR count). The van der Waals surface area contributed by atoms with E-state index >= 15 is 0 Å². The number of rotatable bonds is 10. The third-order valence-corrected chi connectivity index (χ3v) is 6.13. The summed E-state index contributed by atoms with van der Waals surface area (Å²) in [7, 11) is 0. The highest BCUT2D eigenvalue weighted by atomic mass is 127. The fourth-order valence-electron chi connectivity index (χ4n) is 3.35. The Bertz CT molecular complexity index is 861. The lowest BCUT2D eigenvalue weighted by molar-refractivity contribution is -0.128. The zero-order chi connectivity index (χ0) is 21.9. The molecule has 0 bridgehead atoms. The average molecular weight is 571 g/mol. The van der Waals surface area contributed by atoms with Gasteiger partial charge in [0.05, 0.1) is 6.54 Å². The van der Waals surface area contributed by atoms with E-state index in [9.17, 15) is 9.18 Å². The molecule has 174 valence electrons. The number of carbonyl (C=O) groups excluding carboxylic acids is 1. The van der Waals surface area contributed by atoms with Crippen molar-refractivity contribution < 1.29 is 9.18 Å². The quantitative estimate of drug-likeness (QED) is 0.142. The lowest BCUT2D eigenvalue weighted by Gasteiger charge is -2.15. The third kappa shape index (κ3) is 8.97. The zero-order valence-corrected chi connectivity index (χ0v) is 21.6. The summed E-state index contributed by atoms with van der Waals surface area (Å²) >= 11 is 1.73. The number of amides is 1. The molecule has 32 heavy (non-hydrogen) atoms. The molecular weight excluding hydrogens is 538 g/mol. The molecule has 0 unspecified atom stereocenters. The summed E-state index contributed by atoms with van der Waals surface area (Å²) in [6.07, 6.45) is 2.63. The molecule has 1 saturated heterocycles. The Labute approximate surface area is 211 Å². The first-order chi connectivity index (χ1) is 15.1. The molecule has 0 aromatic heterocycles.